The molecule has 1 amide bonds. The fourth-order valence-electron chi connectivity index (χ4n) is 1.31. The van der Waals surface area contributed by atoms with E-state index in [2.05, 4.69) is 17.0 Å². The zero-order valence-corrected chi connectivity index (χ0v) is 12.0. The Morgan fingerprint density at radius 3 is 2.84 bits per heavy atom. The number of hydrogen-bond donors (Lipinski definition) is 1. The van der Waals surface area contributed by atoms with Gasteiger partial charge in [-0.05, 0) is 18.6 Å². The van der Waals surface area contributed by atoms with Crippen molar-refractivity contribution in [1.82, 2.24) is 5.32 Å². The van der Waals surface area contributed by atoms with Crippen molar-refractivity contribution in [2.24, 2.45) is 0 Å². The van der Waals surface area contributed by atoms with Crippen LogP contribution in [-0.4, -0.2) is 32.1 Å². The fourth-order valence-corrected chi connectivity index (χ4v) is 2.17. The Morgan fingerprint density at radius 2 is 2.16 bits per heavy atom. The lowest BCUT2D eigenvalue weighted by atomic mass is 10.4. The molecule has 0 radical (unpaired) electrons. The van der Waals surface area contributed by atoms with Gasteiger partial charge in [-0.2, -0.15) is 0 Å². The van der Waals surface area contributed by atoms with Crippen molar-refractivity contribution in [3.05, 3.63) is 21.9 Å². The Balaban J connectivity index is 2.36. The van der Waals surface area contributed by atoms with Gasteiger partial charge in [0.1, 0.15) is 6.54 Å². The Kier molecular flexibility index (Phi) is 7.14. The molecule has 1 aromatic rings. The average Bonchev–Trinajstić information content (AvgIpc) is 2.89. The summed E-state index contributed by atoms with van der Waals surface area (Å²) in [5.74, 6) is -0.733. The van der Waals surface area contributed by atoms with Crippen molar-refractivity contribution >= 4 is 23.2 Å². The van der Waals surface area contributed by atoms with E-state index in [4.69, 9.17) is 4.74 Å². The molecule has 19 heavy (non-hydrogen) atoms. The summed E-state index contributed by atoms with van der Waals surface area (Å²) in [6, 6.07) is 3.60. The minimum atomic E-state index is -0.465. The number of methoxy groups -OCH3 is 1. The first-order valence-electron chi connectivity index (χ1n) is 6.18. The lowest BCUT2D eigenvalue weighted by Gasteiger charge is -2.01. The highest BCUT2D eigenvalue weighted by Crippen LogP contribution is 2.17. The van der Waals surface area contributed by atoms with E-state index in [-0.39, 0.29) is 12.5 Å². The van der Waals surface area contributed by atoms with Crippen LogP contribution in [-0.2, 0) is 20.9 Å². The van der Waals surface area contributed by atoms with Crippen molar-refractivity contribution in [2.75, 3.05) is 20.3 Å². The fraction of sp³-hybridized carbons (Fsp3) is 0.538. The van der Waals surface area contributed by atoms with Crippen molar-refractivity contribution < 1.29 is 19.1 Å². The predicted molar refractivity (Wildman–Crippen MR) is 73.2 cm³/mol. The lowest BCUT2D eigenvalue weighted by molar-refractivity contribution is -0.139. The van der Waals surface area contributed by atoms with Gasteiger partial charge in [0.2, 0.25) is 0 Å². The van der Waals surface area contributed by atoms with Gasteiger partial charge in [0.05, 0.1) is 18.6 Å². The summed E-state index contributed by atoms with van der Waals surface area (Å²) in [6.07, 6.45) is 2.14. The van der Waals surface area contributed by atoms with Gasteiger partial charge in [0.25, 0.3) is 5.91 Å². The standard InChI is InChI=1S/C13H19NO4S/c1-3-4-7-18-9-10-5-6-11(19-10)13(16)14-8-12(15)17-2/h5-6H,3-4,7-9H2,1-2H3,(H,14,16). The third kappa shape index (κ3) is 5.85. The normalized spacial score (nSPS) is 10.2. The lowest BCUT2D eigenvalue weighted by Crippen LogP contribution is -2.29. The quantitative estimate of drug-likeness (QED) is 0.586. The molecule has 0 fully saturated rings. The van der Waals surface area contributed by atoms with Crippen molar-refractivity contribution in [1.29, 1.82) is 0 Å². The van der Waals surface area contributed by atoms with E-state index in [0.29, 0.717) is 11.5 Å². The highest BCUT2D eigenvalue weighted by Gasteiger charge is 2.10. The summed E-state index contributed by atoms with van der Waals surface area (Å²) < 4.78 is 9.92. The predicted octanol–water partition coefficient (Wildman–Crippen LogP) is 1.97. The van der Waals surface area contributed by atoms with Crippen LogP contribution in [0.3, 0.4) is 0 Å². The van der Waals surface area contributed by atoms with Crippen LogP contribution >= 0.6 is 11.3 Å². The molecule has 6 heteroatoms. The molecule has 106 valence electrons. The number of carbonyl (C=O) groups excluding carboxylic acids is 2. The second kappa shape index (κ2) is 8.66. The van der Waals surface area contributed by atoms with Crippen LogP contribution in [0.5, 0.6) is 0 Å². The molecule has 5 nitrogen and oxygen atoms in total. The van der Waals surface area contributed by atoms with E-state index in [0.717, 1.165) is 24.3 Å². The Morgan fingerprint density at radius 1 is 1.37 bits per heavy atom. The molecule has 0 aliphatic heterocycles. The van der Waals surface area contributed by atoms with Crippen molar-refractivity contribution in [3.8, 4) is 0 Å². The number of hydrogen-bond acceptors (Lipinski definition) is 5. The SMILES string of the molecule is CCCCOCc1ccc(C(=O)NCC(=O)OC)s1. The molecule has 1 aromatic heterocycles. The minimum Gasteiger partial charge on any atom is -0.468 e. The molecule has 1 rings (SSSR count). The molecule has 0 aromatic carbocycles. The van der Waals surface area contributed by atoms with Gasteiger partial charge < -0.3 is 14.8 Å². The van der Waals surface area contributed by atoms with Crippen molar-refractivity contribution in [2.45, 2.75) is 26.4 Å². The largest absolute Gasteiger partial charge is 0.468 e. The molecule has 0 bridgehead atoms. The number of ether oxygens (including phenoxy) is 2. The summed E-state index contributed by atoms with van der Waals surface area (Å²) in [7, 11) is 1.28. The molecule has 0 aliphatic rings. The Labute approximate surface area is 116 Å². The van der Waals surface area contributed by atoms with E-state index >= 15 is 0 Å². The first-order chi connectivity index (χ1) is 9.17. The molecule has 1 heterocycles. The molecule has 1 N–H and O–H groups in total. The van der Waals surface area contributed by atoms with Crippen LogP contribution in [0.25, 0.3) is 0 Å². The first kappa shape index (κ1) is 15.7. The summed E-state index contributed by atoms with van der Waals surface area (Å²) in [5, 5.41) is 2.50. The molecule has 0 saturated heterocycles. The molecule has 0 atom stereocenters. The molecular weight excluding hydrogens is 266 g/mol. The number of nitrogens with one attached hydrogen (secondary N) is 1. The van der Waals surface area contributed by atoms with Gasteiger partial charge >= 0.3 is 5.97 Å². The number of carbonyl (C=O) groups is 2. The van der Waals surface area contributed by atoms with Crippen LogP contribution in [0.15, 0.2) is 12.1 Å². The molecule has 0 aliphatic carbocycles. The Hall–Kier alpha value is -1.40. The highest BCUT2D eigenvalue weighted by molar-refractivity contribution is 7.14. The van der Waals surface area contributed by atoms with Crippen LogP contribution in [0.1, 0.15) is 34.3 Å². The number of rotatable bonds is 8. The maximum Gasteiger partial charge on any atom is 0.325 e. The third-order valence-electron chi connectivity index (χ3n) is 2.39. The van der Waals surface area contributed by atoms with E-state index in [1.54, 1.807) is 6.07 Å². The zero-order chi connectivity index (χ0) is 14.1. The average molecular weight is 285 g/mol. The number of thiophene rings is 1. The van der Waals surface area contributed by atoms with Gasteiger partial charge in [-0.15, -0.1) is 11.3 Å². The number of amides is 1. The number of esters is 1. The second-order valence-corrected chi connectivity index (χ2v) is 5.10. The maximum absolute atomic E-state index is 11.7. The van der Waals surface area contributed by atoms with Gasteiger partial charge in [-0.1, -0.05) is 13.3 Å². The van der Waals surface area contributed by atoms with Crippen LogP contribution in [0.4, 0.5) is 0 Å². The van der Waals surface area contributed by atoms with E-state index in [1.807, 2.05) is 6.07 Å². The van der Waals surface area contributed by atoms with Crippen molar-refractivity contribution in [3.63, 3.8) is 0 Å². The highest BCUT2D eigenvalue weighted by atomic mass is 32.1. The summed E-state index contributed by atoms with van der Waals surface area (Å²) in [4.78, 5) is 24.2. The van der Waals surface area contributed by atoms with Gasteiger partial charge in [0, 0.05) is 11.5 Å². The summed E-state index contributed by atoms with van der Waals surface area (Å²) in [5.41, 5.74) is 0. The molecule has 0 unspecified atom stereocenters. The van der Waals surface area contributed by atoms with Gasteiger partial charge in [-0.25, -0.2) is 0 Å². The second-order valence-electron chi connectivity index (χ2n) is 3.93. The van der Waals surface area contributed by atoms with E-state index in [9.17, 15) is 9.59 Å². The van der Waals surface area contributed by atoms with E-state index in [1.165, 1.54) is 18.4 Å². The monoisotopic (exact) mass is 285 g/mol. The summed E-state index contributed by atoms with van der Waals surface area (Å²) >= 11 is 1.37. The maximum atomic E-state index is 11.7. The first-order valence-corrected chi connectivity index (χ1v) is 7.00. The van der Waals surface area contributed by atoms with Gasteiger partial charge in [0.15, 0.2) is 0 Å². The Bertz CT molecular complexity index is 417. The van der Waals surface area contributed by atoms with Gasteiger partial charge in [-0.3, -0.25) is 9.59 Å². The zero-order valence-electron chi connectivity index (χ0n) is 11.2. The van der Waals surface area contributed by atoms with Crippen LogP contribution in [0, 0.1) is 0 Å². The van der Waals surface area contributed by atoms with Crippen LogP contribution < -0.4 is 5.32 Å². The van der Waals surface area contributed by atoms with E-state index < -0.39 is 5.97 Å². The summed E-state index contributed by atoms with van der Waals surface area (Å²) in [6.45, 7) is 3.25. The molecule has 0 saturated carbocycles. The number of unbranched alkanes of at least 4 members (excludes halogenated alkanes) is 1. The third-order valence-corrected chi connectivity index (χ3v) is 3.45. The van der Waals surface area contributed by atoms with Crippen LogP contribution in [0.2, 0.25) is 0 Å². The smallest absolute Gasteiger partial charge is 0.325 e. The minimum absolute atomic E-state index is 0.116. The molecule has 0 spiro atoms. The topological polar surface area (TPSA) is 64.6 Å². The molecular formula is C13H19NO4S.